The molecule has 2 heterocycles. The van der Waals surface area contributed by atoms with Gasteiger partial charge in [-0.05, 0) is 81.6 Å². The summed E-state index contributed by atoms with van der Waals surface area (Å²) < 4.78 is 2.18. The molecule has 7 nitrogen and oxygen atoms in total. The van der Waals surface area contributed by atoms with E-state index < -0.39 is 0 Å². The van der Waals surface area contributed by atoms with Gasteiger partial charge in [0.2, 0.25) is 5.91 Å². The summed E-state index contributed by atoms with van der Waals surface area (Å²) in [7, 11) is 0. The van der Waals surface area contributed by atoms with E-state index in [2.05, 4.69) is 20.5 Å². The molecule has 178 valence electrons. The van der Waals surface area contributed by atoms with Gasteiger partial charge in [-0.2, -0.15) is 0 Å². The van der Waals surface area contributed by atoms with E-state index in [1.54, 1.807) is 6.08 Å². The van der Waals surface area contributed by atoms with Gasteiger partial charge >= 0.3 is 0 Å². The van der Waals surface area contributed by atoms with Crippen LogP contribution in [0.5, 0.6) is 0 Å². The van der Waals surface area contributed by atoms with Gasteiger partial charge in [-0.25, -0.2) is 0 Å². The van der Waals surface area contributed by atoms with Crippen LogP contribution in [0, 0.1) is 5.92 Å². The minimum absolute atomic E-state index is 0.0457. The average molecular weight is 461 g/mol. The quantitative estimate of drug-likeness (QED) is 0.597. The lowest BCUT2D eigenvalue weighted by Gasteiger charge is -2.47. The van der Waals surface area contributed by atoms with Gasteiger partial charge in [0, 0.05) is 29.6 Å². The summed E-state index contributed by atoms with van der Waals surface area (Å²) in [6, 6.07) is 7.51. The van der Waals surface area contributed by atoms with Gasteiger partial charge in [0.05, 0.1) is 11.1 Å². The molecule has 0 saturated heterocycles. The van der Waals surface area contributed by atoms with E-state index in [9.17, 15) is 14.4 Å². The third-order valence-electron chi connectivity index (χ3n) is 8.47. The zero-order chi connectivity index (χ0) is 23.3. The van der Waals surface area contributed by atoms with E-state index in [-0.39, 0.29) is 35.3 Å². The van der Waals surface area contributed by atoms with Gasteiger partial charge < -0.3 is 20.5 Å². The van der Waals surface area contributed by atoms with Gasteiger partial charge in [0.1, 0.15) is 5.69 Å². The van der Waals surface area contributed by atoms with E-state index in [1.165, 1.54) is 19.3 Å². The van der Waals surface area contributed by atoms with Crippen LogP contribution >= 0.6 is 0 Å². The van der Waals surface area contributed by atoms with Crippen molar-refractivity contribution >= 4 is 28.6 Å². The van der Waals surface area contributed by atoms with Crippen LogP contribution in [-0.4, -0.2) is 40.9 Å². The molecule has 3 fully saturated rings. The first-order valence-electron chi connectivity index (χ1n) is 12.8. The van der Waals surface area contributed by atoms with E-state index in [1.807, 2.05) is 30.3 Å². The number of aromatic nitrogens is 1. The van der Waals surface area contributed by atoms with Crippen LogP contribution in [0.2, 0.25) is 0 Å². The highest BCUT2D eigenvalue weighted by Crippen LogP contribution is 2.44. The molecular formula is C27H32N4O3. The maximum atomic E-state index is 13.2. The topological polar surface area (TPSA) is 92.2 Å². The third-order valence-corrected chi connectivity index (χ3v) is 8.47. The van der Waals surface area contributed by atoms with E-state index in [0.29, 0.717) is 23.7 Å². The molecule has 1 aliphatic heterocycles. The van der Waals surface area contributed by atoms with E-state index >= 15 is 0 Å². The Bertz CT molecular complexity index is 1190. The lowest BCUT2D eigenvalue weighted by Crippen LogP contribution is -2.55. The third kappa shape index (κ3) is 3.62. The van der Waals surface area contributed by atoms with Crippen molar-refractivity contribution in [3.05, 3.63) is 47.7 Å². The molecule has 0 bridgehead atoms. The summed E-state index contributed by atoms with van der Waals surface area (Å²) in [6.07, 6.45) is 13.2. The van der Waals surface area contributed by atoms with Gasteiger partial charge in [-0.3, -0.25) is 14.4 Å². The zero-order valence-electron chi connectivity index (χ0n) is 19.4. The summed E-state index contributed by atoms with van der Waals surface area (Å²) in [6.45, 7) is 0.650. The minimum atomic E-state index is -0.128. The highest BCUT2D eigenvalue weighted by Gasteiger charge is 2.44. The van der Waals surface area contributed by atoms with E-state index in [4.69, 9.17) is 0 Å². The molecule has 3 aliphatic carbocycles. The first-order chi connectivity index (χ1) is 16.5. The van der Waals surface area contributed by atoms with Crippen molar-refractivity contribution in [2.45, 2.75) is 75.4 Å². The number of nitrogens with zero attached hydrogens (tertiary/aromatic N) is 1. The van der Waals surface area contributed by atoms with Crippen molar-refractivity contribution in [2.24, 2.45) is 5.92 Å². The van der Waals surface area contributed by atoms with Crippen LogP contribution in [0.1, 0.15) is 78.6 Å². The normalized spacial score (nSPS) is 25.6. The molecule has 2 unspecified atom stereocenters. The molecule has 3 amide bonds. The molecule has 2 aromatic rings. The second-order valence-electron chi connectivity index (χ2n) is 10.6. The Morgan fingerprint density at radius 2 is 1.76 bits per heavy atom. The number of allylic oxidation sites excluding steroid dienone is 1. The Morgan fingerprint density at radius 3 is 2.47 bits per heavy atom. The van der Waals surface area contributed by atoms with Crippen LogP contribution in [-0.2, 0) is 10.3 Å². The molecule has 3 saturated carbocycles. The lowest BCUT2D eigenvalue weighted by molar-refractivity contribution is -0.117. The number of rotatable bonds is 5. The largest absolute Gasteiger partial charge is 0.348 e. The second-order valence-corrected chi connectivity index (χ2v) is 10.6. The molecule has 34 heavy (non-hydrogen) atoms. The van der Waals surface area contributed by atoms with Crippen molar-refractivity contribution in [2.75, 3.05) is 6.54 Å². The summed E-state index contributed by atoms with van der Waals surface area (Å²) in [5.41, 5.74) is 2.17. The summed E-state index contributed by atoms with van der Waals surface area (Å²) in [5.74, 6) is 0.306. The van der Waals surface area contributed by atoms with Crippen molar-refractivity contribution < 1.29 is 14.4 Å². The van der Waals surface area contributed by atoms with Gasteiger partial charge in [0.25, 0.3) is 11.8 Å². The molecule has 3 N–H and O–H groups in total. The Morgan fingerprint density at radius 1 is 1.00 bits per heavy atom. The van der Waals surface area contributed by atoms with Gasteiger partial charge in [-0.15, -0.1) is 0 Å². The molecule has 1 aromatic carbocycles. The van der Waals surface area contributed by atoms with Gasteiger partial charge in [0.15, 0.2) is 0 Å². The Labute approximate surface area is 199 Å². The standard InChI is InChI=1S/C27H32N4O3/c32-24(11-8-17-4-1-5-17)29-20-6-2-7-21(20)30-25(33)19-10-9-18-14-23-26(34)28-16-27(12-3-13-27)31(23)22(18)15-19/h8-11,14-15,17,20-21H,1-7,12-13,16H2,(H,28,34)(H,29,32)(H,30,33)/b11-8+. The predicted octanol–water partition coefficient (Wildman–Crippen LogP) is 3.39. The zero-order valence-corrected chi connectivity index (χ0v) is 19.4. The first-order valence-corrected chi connectivity index (χ1v) is 12.8. The predicted molar refractivity (Wildman–Crippen MR) is 130 cm³/mol. The highest BCUT2D eigenvalue weighted by atomic mass is 16.2. The minimum Gasteiger partial charge on any atom is -0.348 e. The number of hydrogen-bond acceptors (Lipinski definition) is 3. The Hall–Kier alpha value is -3.09. The van der Waals surface area contributed by atoms with Crippen molar-refractivity contribution in [1.29, 1.82) is 0 Å². The number of carbonyl (C=O) groups is 3. The van der Waals surface area contributed by atoms with Crippen LogP contribution in [0.15, 0.2) is 36.4 Å². The fourth-order valence-corrected chi connectivity index (χ4v) is 6.06. The SMILES string of the molecule is O=C(/C=C/C1CCC1)NC1CCCC1NC(=O)c1ccc2cc3n(c2c1)C1(CCC1)CNC3=O. The molecule has 6 rings (SSSR count). The number of nitrogens with one attached hydrogen (secondary N) is 3. The number of hydrogen-bond donors (Lipinski definition) is 3. The molecule has 4 aliphatic rings. The monoisotopic (exact) mass is 460 g/mol. The molecule has 2 atom stereocenters. The summed E-state index contributed by atoms with van der Waals surface area (Å²) in [5, 5.41) is 10.3. The summed E-state index contributed by atoms with van der Waals surface area (Å²) >= 11 is 0. The average Bonchev–Trinajstić information content (AvgIpc) is 3.36. The van der Waals surface area contributed by atoms with Crippen molar-refractivity contribution in [1.82, 2.24) is 20.5 Å². The van der Waals surface area contributed by atoms with E-state index in [0.717, 1.165) is 49.4 Å². The second kappa shape index (κ2) is 8.29. The maximum Gasteiger partial charge on any atom is 0.268 e. The molecule has 7 heteroatoms. The molecular weight excluding hydrogens is 428 g/mol. The van der Waals surface area contributed by atoms with Gasteiger partial charge in [-0.1, -0.05) is 18.6 Å². The smallest absolute Gasteiger partial charge is 0.268 e. The van der Waals surface area contributed by atoms with Crippen LogP contribution in [0.25, 0.3) is 10.9 Å². The Kier molecular flexibility index (Phi) is 5.23. The molecule has 1 aromatic heterocycles. The molecule has 0 radical (unpaired) electrons. The number of benzene rings is 1. The Balaban J connectivity index is 1.19. The maximum absolute atomic E-state index is 13.2. The number of fused-ring (bicyclic) bond motifs is 4. The van der Waals surface area contributed by atoms with Crippen molar-refractivity contribution in [3.8, 4) is 0 Å². The fraction of sp³-hybridized carbons (Fsp3) is 0.519. The number of carbonyl (C=O) groups excluding carboxylic acids is 3. The van der Waals surface area contributed by atoms with Crippen molar-refractivity contribution in [3.63, 3.8) is 0 Å². The molecule has 1 spiro atoms. The first kappa shape index (κ1) is 21.4. The van der Waals surface area contributed by atoms with Crippen LogP contribution in [0.4, 0.5) is 0 Å². The van der Waals surface area contributed by atoms with Crippen LogP contribution in [0.3, 0.4) is 0 Å². The number of amides is 3. The summed E-state index contributed by atoms with van der Waals surface area (Å²) in [4.78, 5) is 38.1. The van der Waals surface area contributed by atoms with Crippen LogP contribution < -0.4 is 16.0 Å². The highest BCUT2D eigenvalue weighted by molar-refractivity contribution is 6.03. The fourth-order valence-electron chi connectivity index (χ4n) is 6.06. The lowest BCUT2D eigenvalue weighted by atomic mass is 9.75.